The SMILES string of the molecule is Cc1ccc(C(=S)Nc2ccc(F)cc2)cc1[N+](=O)[O-]. The van der Waals surface area contributed by atoms with Crippen LogP contribution in [0.25, 0.3) is 0 Å². The van der Waals surface area contributed by atoms with Gasteiger partial charge in [-0.05, 0) is 31.2 Å². The Morgan fingerprint density at radius 3 is 2.50 bits per heavy atom. The van der Waals surface area contributed by atoms with Gasteiger partial charge < -0.3 is 5.32 Å². The predicted molar refractivity (Wildman–Crippen MR) is 79.6 cm³/mol. The summed E-state index contributed by atoms with van der Waals surface area (Å²) < 4.78 is 12.8. The maximum absolute atomic E-state index is 12.8. The molecule has 0 unspecified atom stereocenters. The standard InChI is InChI=1S/C14H11FN2O2S/c1-9-2-3-10(8-13(9)17(18)19)14(20)16-12-6-4-11(15)5-7-12/h2-8H,1H3,(H,16,20). The Balaban J connectivity index is 2.23. The molecule has 0 radical (unpaired) electrons. The van der Waals surface area contributed by atoms with Gasteiger partial charge in [0.15, 0.2) is 0 Å². The van der Waals surface area contributed by atoms with Gasteiger partial charge >= 0.3 is 0 Å². The van der Waals surface area contributed by atoms with Crippen molar-refractivity contribution in [3.8, 4) is 0 Å². The molecule has 6 heteroatoms. The Labute approximate surface area is 120 Å². The predicted octanol–water partition coefficient (Wildman–Crippen LogP) is 3.83. The van der Waals surface area contributed by atoms with E-state index in [-0.39, 0.29) is 11.5 Å². The number of hydrogen-bond donors (Lipinski definition) is 1. The zero-order chi connectivity index (χ0) is 14.7. The summed E-state index contributed by atoms with van der Waals surface area (Å²) in [6, 6.07) is 10.5. The van der Waals surface area contributed by atoms with Crippen LogP contribution in [0.3, 0.4) is 0 Å². The monoisotopic (exact) mass is 290 g/mol. The van der Waals surface area contributed by atoms with E-state index in [1.54, 1.807) is 31.2 Å². The highest BCUT2D eigenvalue weighted by Crippen LogP contribution is 2.20. The van der Waals surface area contributed by atoms with E-state index in [1.165, 1.54) is 18.2 Å². The van der Waals surface area contributed by atoms with Gasteiger partial charge in [0.2, 0.25) is 0 Å². The van der Waals surface area contributed by atoms with Gasteiger partial charge in [0.25, 0.3) is 5.69 Å². The quantitative estimate of drug-likeness (QED) is 0.530. The molecule has 0 fully saturated rings. The number of nitrogens with one attached hydrogen (secondary N) is 1. The van der Waals surface area contributed by atoms with Crippen molar-refractivity contribution in [2.75, 3.05) is 5.32 Å². The number of nitro benzene ring substituents is 1. The number of nitro groups is 1. The van der Waals surface area contributed by atoms with Crippen molar-refractivity contribution in [3.05, 3.63) is 69.5 Å². The lowest BCUT2D eigenvalue weighted by atomic mass is 10.1. The summed E-state index contributed by atoms with van der Waals surface area (Å²) in [5.41, 5.74) is 1.76. The first-order chi connectivity index (χ1) is 9.47. The van der Waals surface area contributed by atoms with Crippen molar-refractivity contribution in [2.24, 2.45) is 0 Å². The van der Waals surface area contributed by atoms with Gasteiger partial charge in [-0.2, -0.15) is 0 Å². The molecular formula is C14H11FN2O2S. The first-order valence-electron chi connectivity index (χ1n) is 5.79. The molecule has 0 bridgehead atoms. The van der Waals surface area contributed by atoms with Gasteiger partial charge in [0.05, 0.1) is 4.92 Å². The lowest BCUT2D eigenvalue weighted by molar-refractivity contribution is -0.385. The largest absolute Gasteiger partial charge is 0.346 e. The van der Waals surface area contributed by atoms with E-state index >= 15 is 0 Å². The third-order valence-electron chi connectivity index (χ3n) is 2.77. The molecule has 0 aliphatic rings. The molecule has 4 nitrogen and oxygen atoms in total. The highest BCUT2D eigenvalue weighted by Gasteiger charge is 2.13. The van der Waals surface area contributed by atoms with E-state index in [0.29, 0.717) is 21.8 Å². The van der Waals surface area contributed by atoms with Gasteiger partial charge in [0.1, 0.15) is 10.8 Å². The number of halogens is 1. The number of thiocarbonyl (C=S) groups is 1. The molecule has 0 heterocycles. The van der Waals surface area contributed by atoms with Crippen LogP contribution in [0.4, 0.5) is 15.8 Å². The summed E-state index contributed by atoms with van der Waals surface area (Å²) in [5.74, 6) is -0.340. The minimum absolute atomic E-state index is 0.0192. The number of nitrogens with zero attached hydrogens (tertiary/aromatic N) is 1. The Kier molecular flexibility index (Phi) is 4.05. The normalized spacial score (nSPS) is 10.1. The van der Waals surface area contributed by atoms with Crippen LogP contribution in [0.5, 0.6) is 0 Å². The second-order valence-electron chi connectivity index (χ2n) is 4.22. The fourth-order valence-electron chi connectivity index (χ4n) is 1.68. The number of hydrogen-bond acceptors (Lipinski definition) is 3. The lowest BCUT2D eigenvalue weighted by Crippen LogP contribution is -2.11. The van der Waals surface area contributed by atoms with Gasteiger partial charge in [-0.25, -0.2) is 4.39 Å². The van der Waals surface area contributed by atoms with Gasteiger partial charge in [-0.15, -0.1) is 0 Å². The molecular weight excluding hydrogens is 279 g/mol. The van der Waals surface area contributed by atoms with E-state index in [1.807, 2.05) is 0 Å². The maximum atomic E-state index is 12.8. The molecule has 2 aromatic rings. The first-order valence-corrected chi connectivity index (χ1v) is 6.20. The van der Waals surface area contributed by atoms with Gasteiger partial charge in [0, 0.05) is 22.9 Å². The molecule has 0 aliphatic carbocycles. The molecule has 0 amide bonds. The first kappa shape index (κ1) is 14.1. The highest BCUT2D eigenvalue weighted by molar-refractivity contribution is 7.81. The van der Waals surface area contributed by atoms with E-state index in [0.717, 1.165) is 0 Å². The molecule has 0 atom stereocenters. The number of rotatable bonds is 3. The van der Waals surface area contributed by atoms with Crippen LogP contribution in [0.2, 0.25) is 0 Å². The molecule has 102 valence electrons. The number of benzene rings is 2. The van der Waals surface area contributed by atoms with Crippen LogP contribution in [0, 0.1) is 22.9 Å². The van der Waals surface area contributed by atoms with Crippen LogP contribution in [-0.2, 0) is 0 Å². The molecule has 0 saturated heterocycles. The van der Waals surface area contributed by atoms with E-state index in [4.69, 9.17) is 12.2 Å². The van der Waals surface area contributed by atoms with E-state index in [2.05, 4.69) is 5.32 Å². The average molecular weight is 290 g/mol. The summed E-state index contributed by atoms with van der Waals surface area (Å²) >= 11 is 5.20. The molecule has 2 rings (SSSR count). The molecule has 0 spiro atoms. The van der Waals surface area contributed by atoms with E-state index < -0.39 is 4.92 Å². The number of anilines is 1. The van der Waals surface area contributed by atoms with Crippen molar-refractivity contribution in [2.45, 2.75) is 6.92 Å². The van der Waals surface area contributed by atoms with Crippen molar-refractivity contribution in [1.82, 2.24) is 0 Å². The van der Waals surface area contributed by atoms with Crippen LogP contribution in [0.15, 0.2) is 42.5 Å². The van der Waals surface area contributed by atoms with Crippen LogP contribution in [-0.4, -0.2) is 9.91 Å². The van der Waals surface area contributed by atoms with Crippen molar-refractivity contribution in [1.29, 1.82) is 0 Å². The summed E-state index contributed by atoms with van der Waals surface area (Å²) in [6.07, 6.45) is 0. The van der Waals surface area contributed by atoms with Crippen LogP contribution in [0.1, 0.15) is 11.1 Å². The van der Waals surface area contributed by atoms with Crippen molar-refractivity contribution < 1.29 is 9.31 Å². The second kappa shape index (κ2) is 5.75. The zero-order valence-corrected chi connectivity index (χ0v) is 11.4. The smallest absolute Gasteiger partial charge is 0.273 e. The molecule has 0 aromatic heterocycles. The summed E-state index contributed by atoms with van der Waals surface area (Å²) in [7, 11) is 0. The molecule has 20 heavy (non-hydrogen) atoms. The average Bonchev–Trinajstić information content (AvgIpc) is 2.41. The molecule has 0 aliphatic heterocycles. The fourth-order valence-corrected chi connectivity index (χ4v) is 1.93. The third kappa shape index (κ3) is 3.16. The minimum atomic E-state index is -0.445. The Morgan fingerprint density at radius 2 is 1.90 bits per heavy atom. The second-order valence-corrected chi connectivity index (χ2v) is 4.63. The third-order valence-corrected chi connectivity index (χ3v) is 3.11. The summed E-state index contributed by atoms with van der Waals surface area (Å²) in [5, 5.41) is 13.8. The molecule has 2 aromatic carbocycles. The van der Waals surface area contributed by atoms with Crippen LogP contribution >= 0.6 is 12.2 Å². The van der Waals surface area contributed by atoms with Crippen molar-refractivity contribution >= 4 is 28.6 Å². The minimum Gasteiger partial charge on any atom is -0.346 e. The fraction of sp³-hybridized carbons (Fsp3) is 0.0714. The van der Waals surface area contributed by atoms with Gasteiger partial charge in [-0.3, -0.25) is 10.1 Å². The summed E-state index contributed by atoms with van der Waals surface area (Å²) in [6.45, 7) is 1.67. The van der Waals surface area contributed by atoms with E-state index in [9.17, 15) is 14.5 Å². The molecule has 1 N–H and O–H groups in total. The Hall–Kier alpha value is -2.34. The lowest BCUT2D eigenvalue weighted by Gasteiger charge is -2.08. The Morgan fingerprint density at radius 1 is 1.25 bits per heavy atom. The number of aryl methyl sites for hydroxylation is 1. The maximum Gasteiger partial charge on any atom is 0.273 e. The van der Waals surface area contributed by atoms with Crippen molar-refractivity contribution in [3.63, 3.8) is 0 Å². The van der Waals surface area contributed by atoms with Crippen LogP contribution < -0.4 is 5.32 Å². The Bertz CT molecular complexity index is 671. The zero-order valence-electron chi connectivity index (χ0n) is 10.6. The highest BCUT2D eigenvalue weighted by atomic mass is 32.1. The molecule has 0 saturated carbocycles. The topological polar surface area (TPSA) is 55.2 Å². The van der Waals surface area contributed by atoms with Gasteiger partial charge in [-0.1, -0.05) is 24.4 Å². The summed E-state index contributed by atoms with van der Waals surface area (Å²) in [4.78, 5) is 10.8.